The molecule has 1 aliphatic rings. The van der Waals surface area contributed by atoms with E-state index in [0.29, 0.717) is 6.42 Å². The molecule has 0 spiro atoms. The highest BCUT2D eigenvalue weighted by Crippen LogP contribution is 2.22. The molecule has 152 valence electrons. The van der Waals surface area contributed by atoms with Gasteiger partial charge in [-0.15, -0.1) is 0 Å². The number of imidazole rings is 1. The number of nitrogens with one attached hydrogen (secondary N) is 3. The van der Waals surface area contributed by atoms with E-state index in [9.17, 15) is 9.90 Å². The highest BCUT2D eigenvalue weighted by Gasteiger charge is 2.23. The molecular formula is C22H25BrN4O2. The molecule has 0 saturated heterocycles. The second kappa shape index (κ2) is 8.97. The van der Waals surface area contributed by atoms with Crippen molar-refractivity contribution in [3.8, 4) is 0 Å². The first-order chi connectivity index (χ1) is 14.1. The summed E-state index contributed by atoms with van der Waals surface area (Å²) < 4.78 is 1.02. The van der Waals surface area contributed by atoms with E-state index in [0.717, 1.165) is 52.6 Å². The van der Waals surface area contributed by atoms with Crippen molar-refractivity contribution in [1.29, 1.82) is 0 Å². The lowest BCUT2D eigenvalue weighted by molar-refractivity contribution is 0.117. The number of rotatable bonds is 5. The van der Waals surface area contributed by atoms with Crippen LogP contribution in [0.15, 0.2) is 53.0 Å². The first-order valence-electron chi connectivity index (χ1n) is 10.0. The van der Waals surface area contributed by atoms with Crippen molar-refractivity contribution in [3.05, 3.63) is 64.4 Å². The second-order valence-electron chi connectivity index (χ2n) is 7.65. The summed E-state index contributed by atoms with van der Waals surface area (Å²) in [6.07, 6.45) is 3.46. The zero-order chi connectivity index (χ0) is 20.2. The number of aromatic nitrogens is 2. The van der Waals surface area contributed by atoms with Crippen molar-refractivity contribution in [2.45, 2.75) is 50.3 Å². The monoisotopic (exact) mass is 456 g/mol. The van der Waals surface area contributed by atoms with Crippen LogP contribution in [0, 0.1) is 0 Å². The number of hydrogen-bond acceptors (Lipinski definition) is 3. The molecule has 0 aliphatic heterocycles. The molecule has 1 fully saturated rings. The number of carbonyl (C=O) groups is 1. The normalized spacial score (nSPS) is 20.3. The highest BCUT2D eigenvalue weighted by atomic mass is 79.9. The first-order valence-corrected chi connectivity index (χ1v) is 10.8. The van der Waals surface area contributed by atoms with Crippen LogP contribution in [-0.4, -0.2) is 33.3 Å². The topological polar surface area (TPSA) is 90.0 Å². The molecule has 0 bridgehead atoms. The van der Waals surface area contributed by atoms with E-state index in [2.05, 4.69) is 31.5 Å². The average Bonchev–Trinajstić information content (AvgIpc) is 3.15. The van der Waals surface area contributed by atoms with Gasteiger partial charge in [-0.25, -0.2) is 9.78 Å². The van der Waals surface area contributed by atoms with Crippen LogP contribution in [0.5, 0.6) is 0 Å². The third kappa shape index (κ3) is 5.16. The van der Waals surface area contributed by atoms with Crippen LogP contribution in [-0.2, 0) is 6.42 Å². The number of H-pyrrole nitrogens is 1. The number of halogens is 1. The maximum Gasteiger partial charge on any atom is 0.315 e. The number of hydrogen-bond donors (Lipinski definition) is 4. The summed E-state index contributed by atoms with van der Waals surface area (Å²) in [6.45, 7) is 0. The number of urea groups is 1. The minimum absolute atomic E-state index is 0.0994. The maximum absolute atomic E-state index is 12.7. The molecule has 0 radical (unpaired) electrons. The van der Waals surface area contributed by atoms with Gasteiger partial charge in [0.2, 0.25) is 0 Å². The zero-order valence-electron chi connectivity index (χ0n) is 16.1. The molecule has 0 unspecified atom stereocenters. The summed E-state index contributed by atoms with van der Waals surface area (Å²) in [4.78, 5) is 20.7. The second-order valence-corrected chi connectivity index (χ2v) is 8.56. The molecular weight excluding hydrogens is 432 g/mol. The van der Waals surface area contributed by atoms with Crippen molar-refractivity contribution in [3.63, 3.8) is 0 Å². The molecule has 7 heteroatoms. The fourth-order valence-electron chi connectivity index (χ4n) is 3.82. The molecule has 2 aromatic carbocycles. The van der Waals surface area contributed by atoms with Gasteiger partial charge in [0.15, 0.2) is 0 Å². The molecule has 1 heterocycles. The predicted molar refractivity (Wildman–Crippen MR) is 117 cm³/mol. The quantitative estimate of drug-likeness (QED) is 0.463. The molecule has 2 amide bonds. The number of benzene rings is 2. The minimum Gasteiger partial charge on any atom is -0.393 e. The van der Waals surface area contributed by atoms with E-state index in [4.69, 9.17) is 4.98 Å². The fraction of sp³-hybridized carbons (Fsp3) is 0.364. The van der Waals surface area contributed by atoms with Crippen molar-refractivity contribution in [1.82, 2.24) is 20.6 Å². The number of amides is 2. The maximum atomic E-state index is 12.7. The average molecular weight is 457 g/mol. The third-order valence-corrected chi connectivity index (χ3v) is 5.96. The predicted octanol–water partition coefficient (Wildman–Crippen LogP) is 4.21. The van der Waals surface area contributed by atoms with Gasteiger partial charge < -0.3 is 20.7 Å². The third-order valence-electron chi connectivity index (χ3n) is 5.43. The van der Waals surface area contributed by atoms with Crippen LogP contribution in [0.1, 0.15) is 43.1 Å². The van der Waals surface area contributed by atoms with Gasteiger partial charge in [0.05, 0.1) is 23.2 Å². The van der Waals surface area contributed by atoms with Crippen molar-refractivity contribution in [2.24, 2.45) is 0 Å². The molecule has 1 aromatic heterocycles. The van der Waals surface area contributed by atoms with Crippen LogP contribution < -0.4 is 10.6 Å². The lowest BCUT2D eigenvalue weighted by atomic mass is 9.93. The van der Waals surface area contributed by atoms with Crippen LogP contribution in [0.4, 0.5) is 4.79 Å². The molecule has 3 aromatic rings. The van der Waals surface area contributed by atoms with Gasteiger partial charge in [-0.05, 0) is 61.9 Å². The summed E-state index contributed by atoms with van der Waals surface area (Å²) in [7, 11) is 0. The van der Waals surface area contributed by atoms with E-state index >= 15 is 0 Å². The molecule has 1 atom stereocenters. The van der Waals surface area contributed by atoms with Gasteiger partial charge >= 0.3 is 6.03 Å². The SMILES string of the molecule is O=C(NC1CCC(O)CC1)N[C@H](Cc1ccc(Br)cc1)c1nc2ccccc2[nH]1. The lowest BCUT2D eigenvalue weighted by Gasteiger charge is -2.27. The number of fused-ring (bicyclic) bond motifs is 1. The molecule has 1 aliphatic carbocycles. The summed E-state index contributed by atoms with van der Waals surface area (Å²) >= 11 is 3.46. The van der Waals surface area contributed by atoms with Crippen molar-refractivity contribution >= 4 is 33.0 Å². The summed E-state index contributed by atoms with van der Waals surface area (Å²) in [5.74, 6) is 0.739. The Labute approximate surface area is 178 Å². The van der Waals surface area contributed by atoms with E-state index in [1.54, 1.807) is 0 Å². The van der Waals surface area contributed by atoms with Gasteiger partial charge in [0.1, 0.15) is 5.82 Å². The Morgan fingerprint density at radius 1 is 1.14 bits per heavy atom. The van der Waals surface area contributed by atoms with E-state index in [-0.39, 0.29) is 24.2 Å². The van der Waals surface area contributed by atoms with Crippen molar-refractivity contribution in [2.75, 3.05) is 0 Å². The van der Waals surface area contributed by atoms with Crippen LogP contribution in [0.25, 0.3) is 11.0 Å². The Hall–Kier alpha value is -2.38. The lowest BCUT2D eigenvalue weighted by Crippen LogP contribution is -2.45. The molecule has 6 nitrogen and oxygen atoms in total. The van der Waals surface area contributed by atoms with E-state index < -0.39 is 0 Å². The fourth-order valence-corrected chi connectivity index (χ4v) is 4.08. The molecule has 4 rings (SSSR count). The van der Waals surface area contributed by atoms with Crippen LogP contribution >= 0.6 is 15.9 Å². The van der Waals surface area contributed by atoms with Gasteiger partial charge in [-0.1, -0.05) is 40.2 Å². The van der Waals surface area contributed by atoms with Gasteiger partial charge in [-0.2, -0.15) is 0 Å². The van der Waals surface area contributed by atoms with Crippen LogP contribution in [0.3, 0.4) is 0 Å². The minimum atomic E-state index is -0.280. The number of nitrogens with zero attached hydrogens (tertiary/aromatic N) is 1. The van der Waals surface area contributed by atoms with Crippen molar-refractivity contribution < 1.29 is 9.90 Å². The number of carbonyl (C=O) groups excluding carboxylic acids is 1. The van der Waals surface area contributed by atoms with Gasteiger partial charge in [-0.3, -0.25) is 0 Å². The Morgan fingerprint density at radius 3 is 2.59 bits per heavy atom. The summed E-state index contributed by atoms with van der Waals surface area (Å²) in [5.41, 5.74) is 2.94. The van der Waals surface area contributed by atoms with E-state index in [1.807, 2.05) is 48.5 Å². The smallest absolute Gasteiger partial charge is 0.315 e. The Bertz CT molecular complexity index is 931. The van der Waals surface area contributed by atoms with Gasteiger partial charge in [0, 0.05) is 10.5 Å². The molecule has 1 saturated carbocycles. The van der Waals surface area contributed by atoms with Gasteiger partial charge in [0.25, 0.3) is 0 Å². The summed E-state index contributed by atoms with van der Waals surface area (Å²) in [5, 5.41) is 15.8. The standard InChI is InChI=1S/C22H25BrN4O2/c23-15-7-5-14(6-8-15)13-20(21-25-18-3-1-2-4-19(18)26-21)27-22(29)24-16-9-11-17(28)12-10-16/h1-8,16-17,20,28H,9-13H2,(H,25,26)(H2,24,27,29)/t16?,17?,20-/m1/s1. The number of aliphatic hydroxyl groups excluding tert-OH is 1. The largest absolute Gasteiger partial charge is 0.393 e. The Kier molecular flexibility index (Phi) is 6.16. The Morgan fingerprint density at radius 2 is 1.86 bits per heavy atom. The highest BCUT2D eigenvalue weighted by molar-refractivity contribution is 9.10. The molecule has 4 N–H and O–H groups in total. The molecule has 29 heavy (non-hydrogen) atoms. The first kappa shape index (κ1) is 19.9. The number of aromatic amines is 1. The van der Waals surface area contributed by atoms with E-state index in [1.165, 1.54) is 0 Å². The Balaban J connectivity index is 1.50. The zero-order valence-corrected chi connectivity index (χ0v) is 17.7. The number of para-hydroxylation sites is 2. The summed E-state index contributed by atoms with van der Waals surface area (Å²) in [6, 6.07) is 15.6. The number of aliphatic hydroxyl groups is 1. The van der Waals surface area contributed by atoms with Crippen LogP contribution in [0.2, 0.25) is 0 Å².